The highest BCUT2D eigenvalue weighted by molar-refractivity contribution is 5.74. The number of para-hydroxylation sites is 2. The molecule has 1 aromatic heterocycles. The normalized spacial score (nSPS) is 11.9. The van der Waals surface area contributed by atoms with Gasteiger partial charge >= 0.3 is 5.97 Å². The molecule has 0 aliphatic heterocycles. The smallest absolute Gasteiger partial charge is 0.306 e. The van der Waals surface area contributed by atoms with Crippen molar-refractivity contribution < 1.29 is 19.1 Å². The number of nitrogens with zero attached hydrogens (tertiary/aromatic N) is 2. The molecule has 0 spiro atoms. The molecule has 0 fully saturated rings. The van der Waals surface area contributed by atoms with Crippen molar-refractivity contribution >= 4 is 23.1 Å². The van der Waals surface area contributed by atoms with E-state index in [0.717, 1.165) is 35.3 Å². The standard InChI is InChI=1S/C28H30N2O4/c1-30(28-29-25-12-5-6-13-26(25)34-28)18-19-33-24-16-14-22(15-17-24)20-23(27(31)32)11-7-10-21-8-3-2-4-9-21/h2-6,8-9,12-17,23H,7,10-11,18-20H2,1H3,(H,31,32). The van der Waals surface area contributed by atoms with Crippen molar-refractivity contribution in [2.24, 2.45) is 5.92 Å². The van der Waals surface area contributed by atoms with E-state index in [2.05, 4.69) is 17.1 Å². The van der Waals surface area contributed by atoms with E-state index in [-0.39, 0.29) is 5.92 Å². The lowest BCUT2D eigenvalue weighted by atomic mass is 9.93. The molecule has 0 radical (unpaired) electrons. The number of benzene rings is 3. The Labute approximate surface area is 199 Å². The van der Waals surface area contributed by atoms with Gasteiger partial charge in [-0.1, -0.05) is 54.6 Å². The molecule has 4 aromatic rings. The first-order valence-electron chi connectivity index (χ1n) is 11.6. The lowest BCUT2D eigenvalue weighted by Crippen LogP contribution is -2.24. The van der Waals surface area contributed by atoms with Crippen LogP contribution in [-0.2, 0) is 17.6 Å². The van der Waals surface area contributed by atoms with Crippen LogP contribution in [-0.4, -0.2) is 36.3 Å². The maximum absolute atomic E-state index is 11.8. The molecule has 0 bridgehead atoms. The van der Waals surface area contributed by atoms with Crippen LogP contribution in [0.2, 0.25) is 0 Å². The Balaban J connectivity index is 1.23. The number of fused-ring (bicyclic) bond motifs is 1. The number of aliphatic carboxylic acids is 1. The van der Waals surface area contributed by atoms with Gasteiger partial charge in [0.2, 0.25) is 0 Å². The molecule has 0 aliphatic rings. The molecule has 176 valence electrons. The lowest BCUT2D eigenvalue weighted by molar-refractivity contribution is -0.142. The number of carboxylic acids is 1. The van der Waals surface area contributed by atoms with E-state index in [9.17, 15) is 9.90 Å². The fraction of sp³-hybridized carbons (Fsp3) is 0.286. The number of likely N-dealkylation sites (N-methyl/N-ethyl adjacent to an activating group) is 1. The minimum Gasteiger partial charge on any atom is -0.492 e. The molecule has 1 unspecified atom stereocenters. The molecular formula is C28H30N2O4. The van der Waals surface area contributed by atoms with Crippen LogP contribution in [0.3, 0.4) is 0 Å². The van der Waals surface area contributed by atoms with Gasteiger partial charge < -0.3 is 19.2 Å². The van der Waals surface area contributed by atoms with Crippen molar-refractivity contribution in [2.45, 2.75) is 25.7 Å². The SMILES string of the molecule is CN(CCOc1ccc(CC(CCCc2ccccc2)C(=O)O)cc1)c1nc2ccccc2o1. The zero-order valence-corrected chi connectivity index (χ0v) is 19.4. The van der Waals surface area contributed by atoms with E-state index < -0.39 is 5.97 Å². The third kappa shape index (κ3) is 6.38. The molecule has 0 saturated carbocycles. The predicted molar refractivity (Wildman–Crippen MR) is 133 cm³/mol. The predicted octanol–water partition coefficient (Wildman–Crippen LogP) is 5.61. The lowest BCUT2D eigenvalue weighted by Gasteiger charge is -2.15. The average Bonchev–Trinajstić information content (AvgIpc) is 3.29. The first-order valence-corrected chi connectivity index (χ1v) is 11.6. The summed E-state index contributed by atoms with van der Waals surface area (Å²) < 4.78 is 11.6. The van der Waals surface area contributed by atoms with Crippen LogP contribution in [0.25, 0.3) is 11.1 Å². The number of ether oxygens (including phenoxy) is 1. The van der Waals surface area contributed by atoms with Crippen molar-refractivity contribution in [2.75, 3.05) is 25.1 Å². The number of carboxylic acid groups (broad SMARTS) is 1. The molecule has 4 rings (SSSR count). The van der Waals surface area contributed by atoms with Crippen LogP contribution < -0.4 is 9.64 Å². The first kappa shape index (κ1) is 23.4. The van der Waals surface area contributed by atoms with E-state index in [1.165, 1.54) is 5.56 Å². The van der Waals surface area contributed by atoms with Gasteiger partial charge in [0, 0.05) is 7.05 Å². The summed E-state index contributed by atoms with van der Waals surface area (Å²) in [5.74, 6) is -0.373. The quantitative estimate of drug-likeness (QED) is 0.297. The number of hydrogen-bond acceptors (Lipinski definition) is 5. The third-order valence-electron chi connectivity index (χ3n) is 5.92. The summed E-state index contributed by atoms with van der Waals surface area (Å²) in [7, 11) is 1.92. The molecule has 6 nitrogen and oxygen atoms in total. The summed E-state index contributed by atoms with van der Waals surface area (Å²) in [6.45, 7) is 1.10. The Kier molecular flexibility index (Phi) is 7.81. The van der Waals surface area contributed by atoms with E-state index in [0.29, 0.717) is 32.0 Å². The fourth-order valence-corrected chi connectivity index (χ4v) is 3.94. The molecule has 0 amide bonds. The van der Waals surface area contributed by atoms with Gasteiger partial charge in [0.1, 0.15) is 17.9 Å². The minimum absolute atomic E-state index is 0.388. The average molecular weight is 459 g/mol. The summed E-state index contributed by atoms with van der Waals surface area (Å²) in [5, 5.41) is 9.65. The zero-order chi connectivity index (χ0) is 23.8. The molecule has 0 aliphatic carbocycles. The Bertz CT molecular complexity index is 1160. The Hall–Kier alpha value is -3.80. The summed E-state index contributed by atoms with van der Waals surface area (Å²) in [6.07, 6.45) is 2.93. The molecule has 1 N–H and O–H groups in total. The fourth-order valence-electron chi connectivity index (χ4n) is 3.94. The number of anilines is 1. The van der Waals surface area contributed by atoms with Crippen LogP contribution in [0.15, 0.2) is 83.3 Å². The molecule has 34 heavy (non-hydrogen) atoms. The van der Waals surface area contributed by atoms with Gasteiger partial charge in [-0.3, -0.25) is 4.79 Å². The molecule has 1 atom stereocenters. The van der Waals surface area contributed by atoms with Crippen LogP contribution in [0.5, 0.6) is 5.75 Å². The minimum atomic E-state index is -0.740. The molecule has 0 saturated heterocycles. The van der Waals surface area contributed by atoms with Crippen LogP contribution >= 0.6 is 0 Å². The summed E-state index contributed by atoms with van der Waals surface area (Å²) in [5.41, 5.74) is 3.85. The summed E-state index contributed by atoms with van der Waals surface area (Å²) >= 11 is 0. The topological polar surface area (TPSA) is 75.8 Å². The summed E-state index contributed by atoms with van der Waals surface area (Å²) in [4.78, 5) is 18.2. The molecular weight excluding hydrogens is 428 g/mol. The number of oxazole rings is 1. The van der Waals surface area contributed by atoms with Crippen LogP contribution in [0.1, 0.15) is 24.0 Å². The molecule has 6 heteroatoms. The van der Waals surface area contributed by atoms with Crippen LogP contribution in [0, 0.1) is 5.92 Å². The number of aryl methyl sites for hydroxylation is 1. The second-order valence-corrected chi connectivity index (χ2v) is 8.50. The van der Waals surface area contributed by atoms with E-state index in [1.807, 2.05) is 78.7 Å². The summed E-state index contributed by atoms with van der Waals surface area (Å²) in [6, 6.07) is 26.1. The van der Waals surface area contributed by atoms with E-state index >= 15 is 0 Å². The monoisotopic (exact) mass is 458 g/mol. The van der Waals surface area contributed by atoms with Gasteiger partial charge in [0.05, 0.1) is 12.5 Å². The zero-order valence-electron chi connectivity index (χ0n) is 19.4. The van der Waals surface area contributed by atoms with Gasteiger partial charge in [-0.25, -0.2) is 0 Å². The van der Waals surface area contributed by atoms with Crippen LogP contribution in [0.4, 0.5) is 6.01 Å². The largest absolute Gasteiger partial charge is 0.492 e. The maximum Gasteiger partial charge on any atom is 0.306 e. The second kappa shape index (κ2) is 11.4. The van der Waals surface area contributed by atoms with Crippen molar-refractivity contribution in [3.63, 3.8) is 0 Å². The highest BCUT2D eigenvalue weighted by Crippen LogP contribution is 2.21. The Morgan fingerprint density at radius 3 is 2.47 bits per heavy atom. The van der Waals surface area contributed by atoms with Crippen molar-refractivity contribution in [3.8, 4) is 5.75 Å². The van der Waals surface area contributed by atoms with Gasteiger partial charge in [-0.05, 0) is 61.1 Å². The molecule has 1 heterocycles. The maximum atomic E-state index is 11.8. The number of rotatable bonds is 12. The van der Waals surface area contributed by atoms with Crippen molar-refractivity contribution in [1.82, 2.24) is 4.98 Å². The third-order valence-corrected chi connectivity index (χ3v) is 5.92. The highest BCUT2D eigenvalue weighted by Gasteiger charge is 2.18. The second-order valence-electron chi connectivity index (χ2n) is 8.50. The van der Waals surface area contributed by atoms with Gasteiger partial charge in [0.15, 0.2) is 5.58 Å². The van der Waals surface area contributed by atoms with Crippen molar-refractivity contribution in [3.05, 3.63) is 90.0 Å². The Morgan fingerprint density at radius 1 is 1.00 bits per heavy atom. The van der Waals surface area contributed by atoms with E-state index in [4.69, 9.17) is 9.15 Å². The van der Waals surface area contributed by atoms with E-state index in [1.54, 1.807) is 0 Å². The van der Waals surface area contributed by atoms with Gasteiger partial charge in [-0.15, -0.1) is 0 Å². The number of aromatic nitrogens is 1. The number of hydrogen-bond donors (Lipinski definition) is 1. The first-order chi connectivity index (χ1) is 16.6. The Morgan fingerprint density at radius 2 is 1.74 bits per heavy atom. The van der Waals surface area contributed by atoms with Gasteiger partial charge in [0.25, 0.3) is 6.01 Å². The van der Waals surface area contributed by atoms with Crippen molar-refractivity contribution in [1.29, 1.82) is 0 Å². The number of carbonyl (C=O) groups is 1. The molecule has 3 aromatic carbocycles. The highest BCUT2D eigenvalue weighted by atomic mass is 16.5. The van der Waals surface area contributed by atoms with Gasteiger partial charge in [-0.2, -0.15) is 4.98 Å².